The minimum atomic E-state index is -0.514. The molecular formula is C11H17NO2S. The van der Waals surface area contributed by atoms with Gasteiger partial charge in [0.25, 0.3) is 0 Å². The molecule has 84 valence electrons. The third-order valence-electron chi connectivity index (χ3n) is 2.03. The molecule has 1 rings (SSSR count). The lowest BCUT2D eigenvalue weighted by Gasteiger charge is -2.08. The highest BCUT2D eigenvalue weighted by Gasteiger charge is 2.04. The molecule has 0 aliphatic heterocycles. The summed E-state index contributed by atoms with van der Waals surface area (Å²) < 4.78 is 0. The van der Waals surface area contributed by atoms with Gasteiger partial charge in [-0.25, -0.2) is 0 Å². The molecule has 0 fully saturated rings. The molecule has 4 heteroatoms. The average Bonchev–Trinajstić information content (AvgIpc) is 2.26. The lowest BCUT2D eigenvalue weighted by molar-refractivity contribution is 0.194. The molecule has 0 saturated carbocycles. The molecule has 1 heterocycles. The first kappa shape index (κ1) is 12.5. The molecule has 2 atom stereocenters. The van der Waals surface area contributed by atoms with Gasteiger partial charge in [-0.05, 0) is 25.0 Å². The molecule has 2 unspecified atom stereocenters. The number of aliphatic hydroxyl groups excluding tert-OH is 2. The van der Waals surface area contributed by atoms with Crippen molar-refractivity contribution in [3.05, 3.63) is 24.0 Å². The summed E-state index contributed by atoms with van der Waals surface area (Å²) in [6, 6.07) is 3.78. The van der Waals surface area contributed by atoms with Crippen molar-refractivity contribution in [1.29, 1.82) is 0 Å². The molecule has 1 aromatic heterocycles. The molecule has 0 spiro atoms. The van der Waals surface area contributed by atoms with Crippen molar-refractivity contribution in [3.8, 4) is 0 Å². The van der Waals surface area contributed by atoms with E-state index < -0.39 is 6.10 Å². The standard InChI is InChI=1S/C11H17NO2S/c1-8(6-13)7-15-10-3-4-11(9(2)14)12-5-10/h3-5,8-9,13-14H,6-7H2,1-2H3. The lowest BCUT2D eigenvalue weighted by Crippen LogP contribution is -2.03. The van der Waals surface area contributed by atoms with Gasteiger partial charge < -0.3 is 10.2 Å². The lowest BCUT2D eigenvalue weighted by atomic mass is 10.2. The number of hydrogen-bond donors (Lipinski definition) is 2. The number of nitrogens with zero attached hydrogens (tertiary/aromatic N) is 1. The zero-order valence-electron chi connectivity index (χ0n) is 9.05. The summed E-state index contributed by atoms with van der Waals surface area (Å²) in [6.07, 6.45) is 1.25. The second-order valence-corrected chi connectivity index (χ2v) is 4.79. The number of thioether (sulfide) groups is 1. The fourth-order valence-electron chi connectivity index (χ4n) is 1.02. The Kier molecular flexibility index (Phi) is 5.08. The second-order valence-electron chi connectivity index (χ2n) is 3.69. The van der Waals surface area contributed by atoms with E-state index >= 15 is 0 Å². The Bertz CT molecular complexity index is 287. The van der Waals surface area contributed by atoms with Crippen LogP contribution >= 0.6 is 11.8 Å². The first-order chi connectivity index (χ1) is 7.13. The predicted octanol–water partition coefficient (Wildman–Crippen LogP) is 1.86. The maximum absolute atomic E-state index is 9.27. The van der Waals surface area contributed by atoms with Crippen LogP contribution in [0.5, 0.6) is 0 Å². The second kappa shape index (κ2) is 6.10. The fourth-order valence-corrected chi connectivity index (χ4v) is 1.89. The van der Waals surface area contributed by atoms with Crippen LogP contribution in [0.15, 0.2) is 23.2 Å². The highest BCUT2D eigenvalue weighted by molar-refractivity contribution is 7.99. The van der Waals surface area contributed by atoms with E-state index in [2.05, 4.69) is 4.98 Å². The van der Waals surface area contributed by atoms with Gasteiger partial charge in [0.05, 0.1) is 11.8 Å². The van der Waals surface area contributed by atoms with Gasteiger partial charge in [-0.2, -0.15) is 0 Å². The van der Waals surface area contributed by atoms with Crippen LogP contribution in [0.1, 0.15) is 25.6 Å². The molecule has 2 N–H and O–H groups in total. The SMILES string of the molecule is CC(CO)CSc1ccc(C(C)O)nc1. The number of pyridine rings is 1. The minimum absolute atomic E-state index is 0.214. The summed E-state index contributed by atoms with van der Waals surface area (Å²) in [6.45, 7) is 3.92. The van der Waals surface area contributed by atoms with Crippen molar-refractivity contribution in [2.75, 3.05) is 12.4 Å². The normalized spacial score (nSPS) is 14.9. The van der Waals surface area contributed by atoms with Crippen LogP contribution in [0.3, 0.4) is 0 Å². The summed E-state index contributed by atoms with van der Waals surface area (Å²) in [5.41, 5.74) is 0.689. The zero-order valence-corrected chi connectivity index (χ0v) is 9.87. The van der Waals surface area contributed by atoms with Crippen LogP contribution in [0.4, 0.5) is 0 Å². The van der Waals surface area contributed by atoms with Crippen LogP contribution in [0.25, 0.3) is 0 Å². The smallest absolute Gasteiger partial charge is 0.0931 e. The Balaban J connectivity index is 2.50. The third kappa shape index (κ3) is 4.20. The molecule has 15 heavy (non-hydrogen) atoms. The Morgan fingerprint density at radius 1 is 1.40 bits per heavy atom. The summed E-state index contributed by atoms with van der Waals surface area (Å²) in [5.74, 6) is 1.18. The van der Waals surface area contributed by atoms with Crippen molar-refractivity contribution < 1.29 is 10.2 Å². The van der Waals surface area contributed by atoms with Gasteiger partial charge in [-0.15, -0.1) is 11.8 Å². The molecule has 0 aliphatic rings. The van der Waals surface area contributed by atoms with Gasteiger partial charge in [0.1, 0.15) is 0 Å². The van der Waals surface area contributed by atoms with Gasteiger partial charge in [0.2, 0.25) is 0 Å². The highest BCUT2D eigenvalue weighted by atomic mass is 32.2. The van der Waals surface area contributed by atoms with Crippen molar-refractivity contribution in [1.82, 2.24) is 4.98 Å². The maximum Gasteiger partial charge on any atom is 0.0931 e. The van der Waals surface area contributed by atoms with Crippen LogP contribution in [-0.2, 0) is 0 Å². The highest BCUT2D eigenvalue weighted by Crippen LogP contribution is 2.21. The molecule has 0 aliphatic carbocycles. The first-order valence-corrected chi connectivity index (χ1v) is 5.99. The molecule has 0 bridgehead atoms. The number of aromatic nitrogens is 1. The van der Waals surface area contributed by atoms with Gasteiger partial charge in [0.15, 0.2) is 0 Å². The first-order valence-electron chi connectivity index (χ1n) is 5.01. The van der Waals surface area contributed by atoms with Crippen molar-refractivity contribution in [3.63, 3.8) is 0 Å². The molecular weight excluding hydrogens is 210 g/mol. The Hall–Kier alpha value is -0.580. The largest absolute Gasteiger partial charge is 0.396 e. The van der Waals surface area contributed by atoms with E-state index in [1.807, 2.05) is 19.1 Å². The summed E-state index contributed by atoms with van der Waals surface area (Å²) in [5, 5.41) is 18.1. The third-order valence-corrected chi connectivity index (χ3v) is 3.34. The van der Waals surface area contributed by atoms with Crippen LogP contribution in [-0.4, -0.2) is 27.6 Å². The van der Waals surface area contributed by atoms with E-state index in [1.54, 1.807) is 24.9 Å². The van der Waals surface area contributed by atoms with Gasteiger partial charge in [0, 0.05) is 23.5 Å². The van der Waals surface area contributed by atoms with Gasteiger partial charge >= 0.3 is 0 Å². The Labute approximate surface area is 94.6 Å². The van der Waals surface area contributed by atoms with Crippen molar-refractivity contribution in [2.45, 2.75) is 24.8 Å². The van der Waals surface area contributed by atoms with E-state index in [0.29, 0.717) is 11.6 Å². The molecule has 1 aromatic rings. The quantitative estimate of drug-likeness (QED) is 0.754. The molecule has 3 nitrogen and oxygen atoms in total. The number of hydrogen-bond acceptors (Lipinski definition) is 4. The average molecular weight is 227 g/mol. The van der Waals surface area contributed by atoms with Gasteiger partial charge in [-0.3, -0.25) is 4.98 Å². The number of rotatable bonds is 5. The molecule has 0 amide bonds. The monoisotopic (exact) mass is 227 g/mol. The summed E-state index contributed by atoms with van der Waals surface area (Å²) in [7, 11) is 0. The van der Waals surface area contributed by atoms with Crippen molar-refractivity contribution in [2.24, 2.45) is 5.92 Å². The molecule has 0 aromatic carbocycles. The van der Waals surface area contributed by atoms with E-state index in [9.17, 15) is 5.11 Å². The minimum Gasteiger partial charge on any atom is -0.396 e. The summed E-state index contributed by atoms with van der Waals surface area (Å²) in [4.78, 5) is 5.22. The van der Waals surface area contributed by atoms with Crippen LogP contribution in [0.2, 0.25) is 0 Å². The zero-order chi connectivity index (χ0) is 11.3. The molecule has 0 radical (unpaired) electrons. The maximum atomic E-state index is 9.27. The topological polar surface area (TPSA) is 53.4 Å². The van der Waals surface area contributed by atoms with Gasteiger partial charge in [-0.1, -0.05) is 6.92 Å². The van der Waals surface area contributed by atoms with E-state index in [0.717, 1.165) is 10.6 Å². The summed E-state index contributed by atoms with van der Waals surface area (Å²) >= 11 is 1.67. The molecule has 0 saturated heterocycles. The van der Waals surface area contributed by atoms with Crippen LogP contribution in [0, 0.1) is 5.92 Å². The van der Waals surface area contributed by atoms with Crippen LogP contribution < -0.4 is 0 Å². The number of aliphatic hydroxyl groups is 2. The van der Waals surface area contributed by atoms with E-state index in [4.69, 9.17) is 5.11 Å². The fraction of sp³-hybridized carbons (Fsp3) is 0.545. The van der Waals surface area contributed by atoms with E-state index in [1.165, 1.54) is 0 Å². The van der Waals surface area contributed by atoms with Crippen molar-refractivity contribution >= 4 is 11.8 Å². The van der Waals surface area contributed by atoms with E-state index in [-0.39, 0.29) is 6.61 Å². The Morgan fingerprint density at radius 2 is 2.13 bits per heavy atom. The Morgan fingerprint density at radius 3 is 2.60 bits per heavy atom. The predicted molar refractivity (Wildman–Crippen MR) is 61.8 cm³/mol.